The number of unbranched alkanes of at least 4 members (excludes halogenated alkanes) is 2. The lowest BCUT2D eigenvalue weighted by molar-refractivity contribution is 0.114. The predicted molar refractivity (Wildman–Crippen MR) is 77.6 cm³/mol. The lowest BCUT2D eigenvalue weighted by Gasteiger charge is -2.08. The third kappa shape index (κ3) is 6.69. The first-order valence-corrected chi connectivity index (χ1v) is 7.33. The van der Waals surface area contributed by atoms with Crippen LogP contribution in [0.25, 0.3) is 0 Å². The Balaban J connectivity index is 2.40. The Kier molecular flexibility index (Phi) is 8.43. The molecule has 0 aromatic heterocycles. The van der Waals surface area contributed by atoms with Gasteiger partial charge in [0.05, 0.1) is 6.61 Å². The van der Waals surface area contributed by atoms with Crippen LogP contribution in [0.2, 0.25) is 0 Å². The zero-order chi connectivity index (χ0) is 13.9. The summed E-state index contributed by atoms with van der Waals surface area (Å²) < 4.78 is 19.2. The third-order valence-corrected chi connectivity index (χ3v) is 3.02. The van der Waals surface area contributed by atoms with Gasteiger partial charge in [-0.1, -0.05) is 32.8 Å². The Morgan fingerprint density at radius 3 is 2.74 bits per heavy atom. The molecule has 0 aliphatic carbocycles. The van der Waals surface area contributed by atoms with Crippen LogP contribution in [-0.4, -0.2) is 13.2 Å². The molecule has 0 heterocycles. The SMILES string of the molecule is CCCCCOCc1cc(CNCCC)ccc1F. The fraction of sp³-hybridized carbons (Fsp3) is 0.625. The third-order valence-electron chi connectivity index (χ3n) is 3.02. The molecule has 1 aromatic carbocycles. The van der Waals surface area contributed by atoms with E-state index >= 15 is 0 Å². The Morgan fingerprint density at radius 1 is 1.16 bits per heavy atom. The van der Waals surface area contributed by atoms with Crippen LogP contribution in [0, 0.1) is 5.82 Å². The summed E-state index contributed by atoms with van der Waals surface area (Å²) in [6, 6.07) is 5.27. The second-order valence-corrected chi connectivity index (χ2v) is 4.86. The van der Waals surface area contributed by atoms with Crippen molar-refractivity contribution in [2.24, 2.45) is 0 Å². The maximum Gasteiger partial charge on any atom is 0.128 e. The van der Waals surface area contributed by atoms with E-state index in [0.29, 0.717) is 18.8 Å². The lowest BCUT2D eigenvalue weighted by atomic mass is 10.1. The van der Waals surface area contributed by atoms with Crippen molar-refractivity contribution in [3.63, 3.8) is 0 Å². The average molecular weight is 267 g/mol. The topological polar surface area (TPSA) is 21.3 Å². The minimum absolute atomic E-state index is 0.172. The highest BCUT2D eigenvalue weighted by Crippen LogP contribution is 2.12. The van der Waals surface area contributed by atoms with Crippen molar-refractivity contribution >= 4 is 0 Å². The average Bonchev–Trinajstić information content (AvgIpc) is 2.42. The molecular weight excluding hydrogens is 241 g/mol. The molecular formula is C16H26FNO. The van der Waals surface area contributed by atoms with Crippen molar-refractivity contribution in [3.05, 3.63) is 35.1 Å². The summed E-state index contributed by atoms with van der Waals surface area (Å²) in [6.45, 7) is 7.15. The van der Waals surface area contributed by atoms with Gasteiger partial charge in [0, 0.05) is 18.7 Å². The van der Waals surface area contributed by atoms with Gasteiger partial charge in [-0.2, -0.15) is 0 Å². The Hall–Kier alpha value is -0.930. The van der Waals surface area contributed by atoms with E-state index in [1.165, 1.54) is 18.9 Å². The van der Waals surface area contributed by atoms with Gasteiger partial charge in [0.15, 0.2) is 0 Å². The molecule has 19 heavy (non-hydrogen) atoms. The number of benzene rings is 1. The van der Waals surface area contributed by atoms with Gasteiger partial charge >= 0.3 is 0 Å². The van der Waals surface area contributed by atoms with E-state index in [1.54, 1.807) is 0 Å². The van der Waals surface area contributed by atoms with Crippen LogP contribution >= 0.6 is 0 Å². The Morgan fingerprint density at radius 2 is 2.00 bits per heavy atom. The molecule has 0 aliphatic rings. The second kappa shape index (κ2) is 9.93. The van der Waals surface area contributed by atoms with Crippen LogP contribution in [0.5, 0.6) is 0 Å². The van der Waals surface area contributed by atoms with E-state index < -0.39 is 0 Å². The van der Waals surface area contributed by atoms with Crippen molar-refractivity contribution in [3.8, 4) is 0 Å². The van der Waals surface area contributed by atoms with Gasteiger partial charge in [0.1, 0.15) is 5.82 Å². The van der Waals surface area contributed by atoms with Crippen LogP contribution in [-0.2, 0) is 17.9 Å². The van der Waals surface area contributed by atoms with Gasteiger partial charge in [-0.05, 0) is 37.1 Å². The van der Waals surface area contributed by atoms with E-state index in [-0.39, 0.29) is 5.82 Å². The van der Waals surface area contributed by atoms with Crippen LogP contribution in [0.15, 0.2) is 18.2 Å². The summed E-state index contributed by atoms with van der Waals surface area (Å²) in [5.41, 5.74) is 1.77. The number of ether oxygens (including phenoxy) is 1. The zero-order valence-electron chi connectivity index (χ0n) is 12.2. The number of hydrogen-bond donors (Lipinski definition) is 1. The summed E-state index contributed by atoms with van der Waals surface area (Å²) >= 11 is 0. The van der Waals surface area contributed by atoms with E-state index in [2.05, 4.69) is 19.2 Å². The minimum Gasteiger partial charge on any atom is -0.377 e. The Labute approximate surface area is 116 Å². The van der Waals surface area contributed by atoms with E-state index in [1.807, 2.05) is 12.1 Å². The van der Waals surface area contributed by atoms with E-state index in [9.17, 15) is 4.39 Å². The highest BCUT2D eigenvalue weighted by Gasteiger charge is 2.04. The van der Waals surface area contributed by atoms with Crippen LogP contribution < -0.4 is 5.32 Å². The molecule has 2 nitrogen and oxygen atoms in total. The van der Waals surface area contributed by atoms with Crippen LogP contribution in [0.1, 0.15) is 50.7 Å². The maximum absolute atomic E-state index is 13.6. The molecule has 0 amide bonds. The molecule has 0 saturated heterocycles. The lowest BCUT2D eigenvalue weighted by Crippen LogP contribution is -2.14. The predicted octanol–water partition coefficient (Wildman–Crippen LogP) is 4.03. The number of nitrogens with one attached hydrogen (secondary N) is 1. The maximum atomic E-state index is 13.6. The molecule has 0 fully saturated rings. The molecule has 108 valence electrons. The van der Waals surface area contributed by atoms with Gasteiger partial charge in [0.2, 0.25) is 0 Å². The first-order valence-electron chi connectivity index (χ1n) is 7.33. The molecule has 1 N–H and O–H groups in total. The summed E-state index contributed by atoms with van der Waals surface area (Å²) in [7, 11) is 0. The number of halogens is 1. The molecule has 1 aromatic rings. The summed E-state index contributed by atoms with van der Waals surface area (Å²) in [4.78, 5) is 0. The van der Waals surface area contributed by atoms with Gasteiger partial charge in [-0.25, -0.2) is 4.39 Å². The molecule has 0 aliphatic heterocycles. The van der Waals surface area contributed by atoms with Gasteiger partial charge in [-0.3, -0.25) is 0 Å². The largest absolute Gasteiger partial charge is 0.377 e. The molecule has 1 rings (SSSR count). The fourth-order valence-electron chi connectivity index (χ4n) is 1.89. The van der Waals surface area contributed by atoms with Crippen molar-refractivity contribution in [1.82, 2.24) is 5.32 Å². The minimum atomic E-state index is -0.172. The molecule has 0 bridgehead atoms. The van der Waals surface area contributed by atoms with Gasteiger partial charge in [0.25, 0.3) is 0 Å². The summed E-state index contributed by atoms with van der Waals surface area (Å²) in [5.74, 6) is -0.172. The van der Waals surface area contributed by atoms with Crippen LogP contribution in [0.4, 0.5) is 4.39 Å². The monoisotopic (exact) mass is 267 g/mol. The standard InChI is InChI=1S/C16H26FNO/c1-3-5-6-10-19-13-15-11-14(7-8-16(15)17)12-18-9-4-2/h7-8,11,18H,3-6,9-10,12-13H2,1-2H3. The fourth-order valence-corrected chi connectivity index (χ4v) is 1.89. The highest BCUT2D eigenvalue weighted by molar-refractivity contribution is 5.24. The number of rotatable bonds is 10. The quantitative estimate of drug-likeness (QED) is 0.646. The molecule has 0 radical (unpaired) electrons. The molecule has 0 atom stereocenters. The normalized spacial score (nSPS) is 10.9. The van der Waals surface area contributed by atoms with Crippen molar-refractivity contribution < 1.29 is 9.13 Å². The molecule has 0 unspecified atom stereocenters. The molecule has 0 spiro atoms. The van der Waals surface area contributed by atoms with Gasteiger partial charge < -0.3 is 10.1 Å². The van der Waals surface area contributed by atoms with Crippen molar-refractivity contribution in [2.45, 2.75) is 52.7 Å². The van der Waals surface area contributed by atoms with Crippen molar-refractivity contribution in [1.29, 1.82) is 0 Å². The van der Waals surface area contributed by atoms with E-state index in [4.69, 9.17) is 4.74 Å². The van der Waals surface area contributed by atoms with Gasteiger partial charge in [-0.15, -0.1) is 0 Å². The highest BCUT2D eigenvalue weighted by atomic mass is 19.1. The first kappa shape index (κ1) is 16.1. The molecule has 0 saturated carbocycles. The Bertz CT molecular complexity index is 355. The summed E-state index contributed by atoms with van der Waals surface area (Å²) in [5, 5.41) is 3.32. The smallest absolute Gasteiger partial charge is 0.128 e. The summed E-state index contributed by atoms with van der Waals surface area (Å²) in [6.07, 6.45) is 4.50. The second-order valence-electron chi connectivity index (χ2n) is 4.86. The first-order chi connectivity index (χ1) is 9.27. The van der Waals surface area contributed by atoms with Crippen LogP contribution in [0.3, 0.4) is 0 Å². The number of hydrogen-bond acceptors (Lipinski definition) is 2. The van der Waals surface area contributed by atoms with E-state index in [0.717, 1.165) is 31.5 Å². The molecule has 3 heteroatoms. The zero-order valence-corrected chi connectivity index (χ0v) is 12.2. The van der Waals surface area contributed by atoms with Crippen molar-refractivity contribution in [2.75, 3.05) is 13.2 Å².